The Morgan fingerprint density at radius 2 is 1.18 bits per heavy atom. The van der Waals surface area contributed by atoms with Crippen molar-refractivity contribution in [3.63, 3.8) is 0 Å². The molecule has 0 spiro atoms. The molecule has 0 bridgehead atoms. The highest BCUT2D eigenvalue weighted by Crippen LogP contribution is 2.53. The van der Waals surface area contributed by atoms with E-state index in [1.165, 1.54) is 0 Å². The van der Waals surface area contributed by atoms with Crippen molar-refractivity contribution in [3.05, 3.63) is 0 Å². The molecule has 0 saturated heterocycles. The third kappa shape index (κ3) is 2.19. The van der Waals surface area contributed by atoms with Gasteiger partial charge in [-0.1, -0.05) is 0 Å². The van der Waals surface area contributed by atoms with Gasteiger partial charge in [0.2, 0.25) is 0 Å². The van der Waals surface area contributed by atoms with Gasteiger partial charge < -0.3 is 0 Å². The summed E-state index contributed by atoms with van der Waals surface area (Å²) in [5.41, 5.74) is -5.85. The van der Waals surface area contributed by atoms with Crippen LogP contribution in [0.25, 0.3) is 0 Å². The third-order valence-electron chi connectivity index (χ3n) is 1.81. The average molecular weight is 296 g/mol. The molecule has 0 aromatic rings. The van der Waals surface area contributed by atoms with Crippen LogP contribution >= 0.6 is 0 Å². The standard InChI is InChI=1S/C5H4F8O3S/c1-2(6,4(9,10)11)3(7,8)5(12,13)17(14,15)16/h1H3,(H,14,15,16). The molecule has 1 atom stereocenters. The summed E-state index contributed by atoms with van der Waals surface area (Å²) in [7, 11) is -6.93. The van der Waals surface area contributed by atoms with E-state index < -0.39 is 40.1 Å². The Hall–Kier alpha value is -0.650. The molecule has 0 aromatic heterocycles. The lowest BCUT2D eigenvalue weighted by molar-refractivity contribution is -0.330. The lowest BCUT2D eigenvalue weighted by Gasteiger charge is -2.34. The first-order valence-corrected chi connectivity index (χ1v) is 4.92. The SMILES string of the molecule is CC(F)(C(F)(F)F)C(F)(F)C(F)(F)S(=O)(=O)O. The van der Waals surface area contributed by atoms with Gasteiger partial charge in [-0.05, 0) is 6.92 Å². The van der Waals surface area contributed by atoms with E-state index in [0.717, 1.165) is 0 Å². The predicted molar refractivity (Wildman–Crippen MR) is 37.0 cm³/mol. The van der Waals surface area contributed by atoms with Crippen LogP contribution in [-0.4, -0.2) is 36.0 Å². The van der Waals surface area contributed by atoms with Gasteiger partial charge >= 0.3 is 27.5 Å². The van der Waals surface area contributed by atoms with Crippen LogP contribution < -0.4 is 0 Å². The van der Waals surface area contributed by atoms with E-state index in [9.17, 15) is 43.5 Å². The largest absolute Gasteiger partial charge is 0.435 e. The lowest BCUT2D eigenvalue weighted by Crippen LogP contribution is -2.63. The summed E-state index contributed by atoms with van der Waals surface area (Å²) in [4.78, 5) is 0. The van der Waals surface area contributed by atoms with Gasteiger partial charge in [-0.3, -0.25) is 4.55 Å². The fraction of sp³-hybridized carbons (Fsp3) is 1.00. The summed E-state index contributed by atoms with van der Waals surface area (Å²) in [6.07, 6.45) is -6.47. The van der Waals surface area contributed by atoms with Crippen LogP contribution in [0.3, 0.4) is 0 Å². The van der Waals surface area contributed by atoms with Gasteiger partial charge in [0.25, 0.3) is 5.67 Å². The molecule has 1 unspecified atom stereocenters. The van der Waals surface area contributed by atoms with E-state index in [2.05, 4.69) is 0 Å². The van der Waals surface area contributed by atoms with Crippen molar-refractivity contribution >= 4 is 10.1 Å². The third-order valence-corrected chi connectivity index (χ3v) is 2.72. The van der Waals surface area contributed by atoms with E-state index >= 15 is 0 Å². The zero-order valence-corrected chi connectivity index (χ0v) is 8.51. The summed E-state index contributed by atoms with van der Waals surface area (Å²) in [6, 6.07) is 0. The van der Waals surface area contributed by atoms with Crippen LogP contribution in [0.4, 0.5) is 35.1 Å². The van der Waals surface area contributed by atoms with Crippen molar-refractivity contribution in [3.8, 4) is 0 Å². The van der Waals surface area contributed by atoms with Gasteiger partial charge in [-0.2, -0.15) is 39.2 Å². The van der Waals surface area contributed by atoms with E-state index in [0.29, 0.717) is 0 Å². The smallest absolute Gasteiger partial charge is 0.281 e. The fourth-order valence-electron chi connectivity index (χ4n) is 0.613. The second-order valence-electron chi connectivity index (χ2n) is 3.07. The molecule has 0 aromatic carbocycles. The van der Waals surface area contributed by atoms with Crippen LogP contribution in [-0.2, 0) is 10.1 Å². The highest BCUT2D eigenvalue weighted by atomic mass is 32.2. The molecule has 0 aliphatic rings. The van der Waals surface area contributed by atoms with Gasteiger partial charge in [-0.25, -0.2) is 4.39 Å². The Morgan fingerprint density at radius 1 is 0.882 bits per heavy atom. The van der Waals surface area contributed by atoms with Crippen molar-refractivity contribution in [1.82, 2.24) is 0 Å². The molecule has 0 radical (unpaired) electrons. The highest BCUT2D eigenvalue weighted by Gasteiger charge is 2.81. The van der Waals surface area contributed by atoms with Gasteiger partial charge in [0.1, 0.15) is 0 Å². The first-order valence-electron chi connectivity index (χ1n) is 3.48. The van der Waals surface area contributed by atoms with E-state index in [1.54, 1.807) is 0 Å². The maximum Gasteiger partial charge on any atom is 0.435 e. The van der Waals surface area contributed by atoms with Crippen LogP contribution in [0.2, 0.25) is 0 Å². The molecule has 0 heterocycles. The molecular formula is C5H4F8O3S. The maximum absolute atomic E-state index is 12.7. The molecular weight excluding hydrogens is 292 g/mol. The molecule has 104 valence electrons. The number of halogens is 8. The minimum atomic E-state index is -6.93. The number of alkyl halides is 8. The molecule has 0 fully saturated rings. The molecule has 3 nitrogen and oxygen atoms in total. The summed E-state index contributed by atoms with van der Waals surface area (Å²) in [5.74, 6) is -6.70. The minimum Gasteiger partial charge on any atom is -0.281 e. The Balaban J connectivity index is 5.91. The van der Waals surface area contributed by atoms with Gasteiger partial charge in [0.15, 0.2) is 0 Å². The van der Waals surface area contributed by atoms with Gasteiger partial charge in [-0.15, -0.1) is 0 Å². The molecule has 17 heavy (non-hydrogen) atoms. The topological polar surface area (TPSA) is 54.4 Å². The van der Waals surface area contributed by atoms with Crippen LogP contribution in [0.5, 0.6) is 0 Å². The zero-order valence-electron chi connectivity index (χ0n) is 7.70. The zero-order chi connectivity index (χ0) is 14.5. The van der Waals surface area contributed by atoms with E-state index in [1.807, 2.05) is 0 Å². The van der Waals surface area contributed by atoms with Crippen LogP contribution in [0.1, 0.15) is 6.92 Å². The van der Waals surface area contributed by atoms with Crippen molar-refractivity contribution < 1.29 is 48.1 Å². The summed E-state index contributed by atoms with van der Waals surface area (Å²) < 4.78 is 125. The maximum atomic E-state index is 12.7. The Bertz CT molecular complexity index is 394. The Labute approximate surface area is 89.2 Å². The second-order valence-corrected chi connectivity index (χ2v) is 4.53. The van der Waals surface area contributed by atoms with Crippen molar-refractivity contribution in [1.29, 1.82) is 0 Å². The molecule has 0 amide bonds. The molecule has 0 rings (SSSR count). The quantitative estimate of drug-likeness (QED) is 0.642. The first-order chi connectivity index (χ1) is 7.00. The fourth-order valence-corrected chi connectivity index (χ4v) is 1.13. The normalized spacial score (nSPS) is 18.9. The molecule has 1 N–H and O–H groups in total. The summed E-state index contributed by atoms with van der Waals surface area (Å²) in [5, 5.41) is -6.63. The monoisotopic (exact) mass is 296 g/mol. The lowest BCUT2D eigenvalue weighted by atomic mass is 9.99. The van der Waals surface area contributed by atoms with Crippen LogP contribution in [0.15, 0.2) is 0 Å². The van der Waals surface area contributed by atoms with Crippen molar-refractivity contribution in [2.45, 2.75) is 29.9 Å². The average Bonchev–Trinajstić information content (AvgIpc) is 1.98. The minimum absolute atomic E-state index is 0.966. The Morgan fingerprint density at radius 3 is 1.35 bits per heavy atom. The van der Waals surface area contributed by atoms with Crippen LogP contribution in [0, 0.1) is 0 Å². The number of hydrogen-bond donors (Lipinski definition) is 1. The van der Waals surface area contributed by atoms with E-state index in [-0.39, 0.29) is 0 Å². The Kier molecular flexibility index (Phi) is 3.53. The first kappa shape index (κ1) is 16.4. The molecule has 0 aliphatic carbocycles. The van der Waals surface area contributed by atoms with Gasteiger partial charge in [0.05, 0.1) is 0 Å². The second kappa shape index (κ2) is 3.67. The predicted octanol–water partition coefficient (Wildman–Crippen LogP) is 2.39. The van der Waals surface area contributed by atoms with Crippen molar-refractivity contribution in [2.24, 2.45) is 0 Å². The molecule has 0 saturated carbocycles. The molecule has 12 heteroatoms. The number of hydrogen-bond acceptors (Lipinski definition) is 2. The van der Waals surface area contributed by atoms with Gasteiger partial charge in [0, 0.05) is 0 Å². The summed E-state index contributed by atoms with van der Waals surface area (Å²) >= 11 is 0. The van der Waals surface area contributed by atoms with E-state index in [4.69, 9.17) is 4.55 Å². The van der Waals surface area contributed by atoms with Crippen molar-refractivity contribution in [2.75, 3.05) is 0 Å². The summed E-state index contributed by atoms with van der Waals surface area (Å²) in [6.45, 7) is -0.966. The molecule has 0 aliphatic heterocycles. The highest BCUT2D eigenvalue weighted by molar-refractivity contribution is 7.87. The number of rotatable bonds is 3.